The van der Waals surface area contributed by atoms with Gasteiger partial charge in [-0.15, -0.1) is 0 Å². The molecule has 0 amide bonds. The maximum absolute atomic E-state index is 12.1. The molecule has 2 aromatic carbocycles. The van der Waals surface area contributed by atoms with E-state index in [1.165, 1.54) is 0 Å². The average molecular weight is 349 g/mol. The van der Waals surface area contributed by atoms with Gasteiger partial charge in [-0.1, -0.05) is 22.0 Å². The van der Waals surface area contributed by atoms with E-state index in [2.05, 4.69) is 15.9 Å². The van der Waals surface area contributed by atoms with Crippen LogP contribution in [0, 0.1) is 0 Å². The first-order chi connectivity index (χ1) is 10.1. The Hall–Kier alpha value is -2.14. The molecule has 0 unspecified atom stereocenters. The Morgan fingerprint density at radius 1 is 1.19 bits per heavy atom. The van der Waals surface area contributed by atoms with Gasteiger partial charge in [0, 0.05) is 10.0 Å². The van der Waals surface area contributed by atoms with Gasteiger partial charge in [0.1, 0.15) is 6.29 Å². The van der Waals surface area contributed by atoms with Gasteiger partial charge in [0.25, 0.3) is 0 Å². The number of ether oxygens (including phenoxy) is 2. The number of hydrogen-bond acceptors (Lipinski definition) is 4. The van der Waals surface area contributed by atoms with E-state index < -0.39 is 5.97 Å². The summed E-state index contributed by atoms with van der Waals surface area (Å²) in [5.41, 5.74) is 0.881. The van der Waals surface area contributed by atoms with Crippen molar-refractivity contribution in [1.29, 1.82) is 0 Å². The Labute approximate surface area is 130 Å². The van der Waals surface area contributed by atoms with Crippen molar-refractivity contribution in [3.63, 3.8) is 0 Å². The predicted molar refractivity (Wildman–Crippen MR) is 82.1 cm³/mol. The number of halogens is 1. The van der Waals surface area contributed by atoms with Crippen molar-refractivity contribution in [1.82, 2.24) is 0 Å². The molecule has 2 aromatic rings. The molecule has 0 aliphatic rings. The van der Waals surface area contributed by atoms with Crippen molar-refractivity contribution in [3.05, 3.63) is 58.1 Å². The second-order valence-electron chi connectivity index (χ2n) is 4.16. The molecule has 0 heterocycles. The van der Waals surface area contributed by atoms with E-state index in [0.717, 1.165) is 4.47 Å². The molecule has 0 spiro atoms. The summed E-state index contributed by atoms with van der Waals surface area (Å²) in [4.78, 5) is 22.9. The minimum absolute atomic E-state index is 0.285. The van der Waals surface area contributed by atoms with Crippen LogP contribution in [0.1, 0.15) is 27.6 Å². The molecule has 0 aliphatic heterocycles. The van der Waals surface area contributed by atoms with E-state index in [1.54, 1.807) is 36.4 Å². The zero-order valence-electron chi connectivity index (χ0n) is 11.3. The molecular formula is C16H13BrO4. The summed E-state index contributed by atoms with van der Waals surface area (Å²) >= 11 is 3.30. The Balaban J connectivity index is 2.26. The number of carbonyl (C=O) groups is 2. The zero-order valence-corrected chi connectivity index (χ0v) is 12.9. The average Bonchev–Trinajstić information content (AvgIpc) is 2.49. The van der Waals surface area contributed by atoms with E-state index in [4.69, 9.17) is 9.47 Å². The molecule has 108 valence electrons. The fourth-order valence-electron chi connectivity index (χ4n) is 1.72. The predicted octanol–water partition coefficient (Wildman–Crippen LogP) is 3.88. The quantitative estimate of drug-likeness (QED) is 0.467. The van der Waals surface area contributed by atoms with Crippen LogP contribution >= 0.6 is 15.9 Å². The van der Waals surface area contributed by atoms with Gasteiger partial charge in [-0.05, 0) is 43.3 Å². The highest BCUT2D eigenvalue weighted by molar-refractivity contribution is 9.10. The molecule has 4 nitrogen and oxygen atoms in total. The Kier molecular flexibility index (Phi) is 5.11. The smallest absolute Gasteiger partial charge is 0.343 e. The third-order valence-corrected chi connectivity index (χ3v) is 3.16. The van der Waals surface area contributed by atoms with Crippen molar-refractivity contribution in [2.75, 3.05) is 6.61 Å². The minimum Gasteiger partial charge on any atom is -0.490 e. The minimum atomic E-state index is -0.490. The molecule has 0 N–H and O–H groups in total. The van der Waals surface area contributed by atoms with Crippen molar-refractivity contribution in [2.45, 2.75) is 6.92 Å². The molecule has 0 fully saturated rings. The molecule has 2 rings (SSSR count). The Morgan fingerprint density at radius 2 is 2.00 bits per heavy atom. The lowest BCUT2D eigenvalue weighted by atomic mass is 10.2. The molecule has 0 radical (unpaired) electrons. The van der Waals surface area contributed by atoms with E-state index in [1.807, 2.05) is 13.0 Å². The second kappa shape index (κ2) is 7.04. The van der Waals surface area contributed by atoms with Crippen LogP contribution in [0.2, 0.25) is 0 Å². The van der Waals surface area contributed by atoms with Crippen molar-refractivity contribution < 1.29 is 19.1 Å². The van der Waals surface area contributed by atoms with Gasteiger partial charge in [-0.3, -0.25) is 4.79 Å². The maximum Gasteiger partial charge on any atom is 0.343 e. The summed E-state index contributed by atoms with van der Waals surface area (Å²) in [6.45, 7) is 2.22. The van der Waals surface area contributed by atoms with Gasteiger partial charge < -0.3 is 9.47 Å². The molecule has 0 saturated carbocycles. The van der Waals surface area contributed by atoms with Crippen LogP contribution in [0.25, 0.3) is 0 Å². The summed E-state index contributed by atoms with van der Waals surface area (Å²) in [5.74, 6) is 0.161. The van der Waals surface area contributed by atoms with Crippen LogP contribution in [-0.4, -0.2) is 18.9 Å². The zero-order chi connectivity index (χ0) is 15.2. The molecule has 0 saturated heterocycles. The summed E-state index contributed by atoms with van der Waals surface area (Å²) < 4.78 is 11.5. The van der Waals surface area contributed by atoms with E-state index in [-0.39, 0.29) is 5.75 Å². The van der Waals surface area contributed by atoms with Crippen molar-refractivity contribution in [3.8, 4) is 11.5 Å². The topological polar surface area (TPSA) is 52.6 Å². The maximum atomic E-state index is 12.1. The second-order valence-corrected chi connectivity index (χ2v) is 5.07. The fraction of sp³-hybridized carbons (Fsp3) is 0.125. The van der Waals surface area contributed by atoms with Gasteiger partial charge in [-0.2, -0.15) is 0 Å². The summed E-state index contributed by atoms with van der Waals surface area (Å²) in [6.07, 6.45) is 0.711. The van der Waals surface area contributed by atoms with E-state index in [0.29, 0.717) is 29.8 Å². The highest BCUT2D eigenvalue weighted by atomic mass is 79.9. The lowest BCUT2D eigenvalue weighted by molar-refractivity contribution is 0.0728. The summed E-state index contributed by atoms with van der Waals surface area (Å²) in [6, 6.07) is 11.6. The molecular weight excluding hydrogens is 336 g/mol. The highest BCUT2D eigenvalue weighted by Gasteiger charge is 2.13. The monoisotopic (exact) mass is 348 g/mol. The molecule has 0 aromatic heterocycles. The number of aldehydes is 1. The fourth-order valence-corrected chi connectivity index (χ4v) is 2.12. The third kappa shape index (κ3) is 3.92. The number of carbonyl (C=O) groups excluding carboxylic acids is 2. The lowest BCUT2D eigenvalue weighted by Gasteiger charge is -2.11. The summed E-state index contributed by atoms with van der Waals surface area (Å²) in [7, 11) is 0. The van der Waals surface area contributed by atoms with Gasteiger partial charge in [-0.25, -0.2) is 4.79 Å². The Bertz CT molecular complexity index is 667. The summed E-state index contributed by atoms with van der Waals surface area (Å²) in [5, 5.41) is 0. The van der Waals surface area contributed by atoms with E-state index in [9.17, 15) is 9.59 Å². The molecule has 0 aliphatic carbocycles. The number of rotatable bonds is 5. The normalized spacial score (nSPS) is 10.0. The van der Waals surface area contributed by atoms with Gasteiger partial charge in [0.05, 0.1) is 12.2 Å². The standard InChI is InChI=1S/C16H13BrO4/c1-2-20-15-8-11(10-18)6-7-14(15)21-16(19)12-4-3-5-13(17)9-12/h3-10H,2H2,1H3. The molecule has 21 heavy (non-hydrogen) atoms. The first-order valence-corrected chi connectivity index (χ1v) is 7.13. The first-order valence-electron chi connectivity index (χ1n) is 6.34. The molecule has 0 atom stereocenters. The largest absolute Gasteiger partial charge is 0.490 e. The number of benzene rings is 2. The van der Waals surface area contributed by atoms with Crippen LogP contribution in [0.15, 0.2) is 46.9 Å². The lowest BCUT2D eigenvalue weighted by Crippen LogP contribution is -2.09. The molecule has 0 bridgehead atoms. The van der Waals surface area contributed by atoms with Gasteiger partial charge in [0.2, 0.25) is 0 Å². The van der Waals surface area contributed by atoms with E-state index >= 15 is 0 Å². The van der Waals surface area contributed by atoms with Gasteiger partial charge in [0.15, 0.2) is 11.5 Å². The van der Waals surface area contributed by atoms with Gasteiger partial charge >= 0.3 is 5.97 Å². The number of esters is 1. The first kappa shape index (κ1) is 15.3. The SMILES string of the molecule is CCOc1cc(C=O)ccc1OC(=O)c1cccc(Br)c1. The van der Waals surface area contributed by atoms with Crippen LogP contribution in [0.4, 0.5) is 0 Å². The van der Waals surface area contributed by atoms with Crippen molar-refractivity contribution >= 4 is 28.2 Å². The Morgan fingerprint density at radius 3 is 2.67 bits per heavy atom. The number of hydrogen-bond donors (Lipinski definition) is 0. The van der Waals surface area contributed by atoms with Crippen LogP contribution in [0.3, 0.4) is 0 Å². The van der Waals surface area contributed by atoms with Crippen LogP contribution in [0.5, 0.6) is 11.5 Å². The van der Waals surface area contributed by atoms with Crippen LogP contribution in [-0.2, 0) is 0 Å². The van der Waals surface area contributed by atoms with Crippen molar-refractivity contribution in [2.24, 2.45) is 0 Å². The third-order valence-electron chi connectivity index (χ3n) is 2.67. The molecule has 5 heteroatoms. The highest BCUT2D eigenvalue weighted by Crippen LogP contribution is 2.29. The van der Waals surface area contributed by atoms with Crippen LogP contribution < -0.4 is 9.47 Å².